The molecule has 0 aromatic heterocycles. The number of hydrogen-bond donors (Lipinski definition) is 3. The molecule has 118 valence electrons. The van der Waals surface area contributed by atoms with E-state index in [0.29, 0.717) is 17.1 Å². The van der Waals surface area contributed by atoms with E-state index in [-0.39, 0.29) is 5.56 Å². The molecule has 0 heterocycles. The van der Waals surface area contributed by atoms with Crippen LogP contribution in [0, 0.1) is 5.92 Å². The SMILES string of the molecule is C[C@H]1CCCC[C@H]1NC(=S)N/N=C\c1ccc(C(=O)O)cc1. The van der Waals surface area contributed by atoms with Crippen molar-refractivity contribution in [1.82, 2.24) is 10.7 Å². The minimum atomic E-state index is -0.936. The van der Waals surface area contributed by atoms with Crippen LogP contribution < -0.4 is 10.7 Å². The molecule has 1 aliphatic rings. The molecule has 0 unspecified atom stereocenters. The number of aromatic carboxylic acids is 1. The van der Waals surface area contributed by atoms with E-state index in [1.165, 1.54) is 19.3 Å². The van der Waals surface area contributed by atoms with Crippen molar-refractivity contribution in [3.8, 4) is 0 Å². The zero-order valence-electron chi connectivity index (χ0n) is 12.6. The van der Waals surface area contributed by atoms with Crippen molar-refractivity contribution in [3.05, 3.63) is 35.4 Å². The average Bonchev–Trinajstić information content (AvgIpc) is 2.50. The molecule has 0 spiro atoms. The Hall–Kier alpha value is -1.95. The maximum atomic E-state index is 10.8. The largest absolute Gasteiger partial charge is 0.478 e. The smallest absolute Gasteiger partial charge is 0.335 e. The third-order valence-corrected chi connectivity index (χ3v) is 4.17. The second-order valence-corrected chi connectivity index (χ2v) is 6.05. The molecule has 1 saturated carbocycles. The van der Waals surface area contributed by atoms with Crippen LogP contribution in [0.1, 0.15) is 48.5 Å². The van der Waals surface area contributed by atoms with Crippen LogP contribution in [-0.4, -0.2) is 28.4 Å². The van der Waals surface area contributed by atoms with Crippen LogP contribution in [0.5, 0.6) is 0 Å². The molecule has 0 radical (unpaired) electrons. The fraction of sp³-hybridized carbons (Fsp3) is 0.438. The van der Waals surface area contributed by atoms with Crippen molar-refractivity contribution >= 4 is 29.5 Å². The Balaban J connectivity index is 1.81. The Morgan fingerprint density at radius 1 is 1.32 bits per heavy atom. The first-order chi connectivity index (χ1) is 10.6. The summed E-state index contributed by atoms with van der Waals surface area (Å²) < 4.78 is 0. The first-order valence-electron chi connectivity index (χ1n) is 7.49. The lowest BCUT2D eigenvalue weighted by Crippen LogP contribution is -2.44. The van der Waals surface area contributed by atoms with Crippen molar-refractivity contribution in [2.24, 2.45) is 11.0 Å². The van der Waals surface area contributed by atoms with Crippen LogP contribution in [0.25, 0.3) is 0 Å². The van der Waals surface area contributed by atoms with Gasteiger partial charge in [0.1, 0.15) is 0 Å². The second kappa shape index (κ2) is 7.89. The van der Waals surface area contributed by atoms with Crippen LogP contribution in [0.3, 0.4) is 0 Å². The van der Waals surface area contributed by atoms with E-state index in [4.69, 9.17) is 17.3 Å². The second-order valence-electron chi connectivity index (χ2n) is 5.64. The molecular weight excluding hydrogens is 298 g/mol. The van der Waals surface area contributed by atoms with Crippen LogP contribution >= 0.6 is 12.2 Å². The summed E-state index contributed by atoms with van der Waals surface area (Å²) in [4.78, 5) is 10.8. The van der Waals surface area contributed by atoms with Gasteiger partial charge in [-0.15, -0.1) is 0 Å². The Labute approximate surface area is 135 Å². The highest BCUT2D eigenvalue weighted by Crippen LogP contribution is 2.23. The van der Waals surface area contributed by atoms with Gasteiger partial charge in [-0.05, 0) is 48.7 Å². The molecule has 2 atom stereocenters. The molecule has 2 rings (SSSR count). The van der Waals surface area contributed by atoms with Crippen molar-refractivity contribution in [3.63, 3.8) is 0 Å². The summed E-state index contributed by atoms with van der Waals surface area (Å²) in [5.74, 6) is -0.311. The minimum Gasteiger partial charge on any atom is -0.478 e. The number of carboxylic acid groups (broad SMARTS) is 1. The zero-order chi connectivity index (χ0) is 15.9. The number of rotatable bonds is 4. The highest BCUT2D eigenvalue weighted by molar-refractivity contribution is 7.80. The normalized spacial score (nSPS) is 21.5. The van der Waals surface area contributed by atoms with Gasteiger partial charge in [0.15, 0.2) is 5.11 Å². The molecule has 1 aliphatic carbocycles. The summed E-state index contributed by atoms with van der Waals surface area (Å²) >= 11 is 5.24. The molecule has 1 aromatic carbocycles. The molecule has 3 N–H and O–H groups in total. The number of nitrogens with one attached hydrogen (secondary N) is 2. The van der Waals surface area contributed by atoms with Gasteiger partial charge in [0, 0.05) is 6.04 Å². The fourth-order valence-corrected chi connectivity index (χ4v) is 2.81. The zero-order valence-corrected chi connectivity index (χ0v) is 13.4. The van der Waals surface area contributed by atoms with Gasteiger partial charge < -0.3 is 10.4 Å². The number of thiocarbonyl (C=S) groups is 1. The standard InChI is InChI=1S/C16H21N3O2S/c1-11-4-2-3-5-14(11)18-16(22)19-17-10-12-6-8-13(9-7-12)15(20)21/h6-11,14H,2-5H2,1H3,(H,20,21)(H2,18,19,22)/b17-10-/t11-,14+/m0/s1. The summed E-state index contributed by atoms with van der Waals surface area (Å²) in [5, 5.41) is 16.7. The highest BCUT2D eigenvalue weighted by Gasteiger charge is 2.21. The first-order valence-corrected chi connectivity index (χ1v) is 7.90. The first kappa shape index (κ1) is 16.4. The Bertz CT molecular complexity index is 557. The molecule has 5 nitrogen and oxygen atoms in total. The van der Waals surface area contributed by atoms with E-state index in [0.717, 1.165) is 12.0 Å². The van der Waals surface area contributed by atoms with Gasteiger partial charge in [-0.2, -0.15) is 5.10 Å². The van der Waals surface area contributed by atoms with Crippen LogP contribution in [0.4, 0.5) is 0 Å². The summed E-state index contributed by atoms with van der Waals surface area (Å²) in [6.07, 6.45) is 6.53. The summed E-state index contributed by atoms with van der Waals surface area (Å²) in [5.41, 5.74) is 3.88. The molecule has 0 saturated heterocycles. The van der Waals surface area contributed by atoms with Gasteiger partial charge in [-0.25, -0.2) is 4.79 Å². The van der Waals surface area contributed by atoms with Crippen molar-refractivity contribution in [2.45, 2.75) is 38.6 Å². The lowest BCUT2D eigenvalue weighted by Gasteiger charge is -2.30. The van der Waals surface area contributed by atoms with Gasteiger partial charge in [-0.1, -0.05) is 31.9 Å². The van der Waals surface area contributed by atoms with Gasteiger partial charge in [-0.3, -0.25) is 5.43 Å². The van der Waals surface area contributed by atoms with E-state index in [2.05, 4.69) is 22.8 Å². The third kappa shape index (κ3) is 4.80. The predicted molar refractivity (Wildman–Crippen MR) is 91.3 cm³/mol. The number of carboxylic acids is 1. The van der Waals surface area contributed by atoms with Crippen molar-refractivity contribution in [1.29, 1.82) is 0 Å². The Morgan fingerprint density at radius 3 is 2.64 bits per heavy atom. The van der Waals surface area contributed by atoms with Crippen molar-refractivity contribution < 1.29 is 9.90 Å². The summed E-state index contributed by atoms with van der Waals surface area (Å²) in [6, 6.07) is 6.91. The van der Waals surface area contributed by atoms with Crippen LogP contribution in [0.15, 0.2) is 29.4 Å². The van der Waals surface area contributed by atoms with E-state index in [1.807, 2.05) is 0 Å². The van der Waals surface area contributed by atoms with Gasteiger partial charge in [0.2, 0.25) is 0 Å². The fourth-order valence-electron chi connectivity index (χ4n) is 2.61. The number of hydrazone groups is 1. The lowest BCUT2D eigenvalue weighted by atomic mass is 9.86. The predicted octanol–water partition coefficient (Wildman–Crippen LogP) is 2.76. The molecule has 6 heteroatoms. The lowest BCUT2D eigenvalue weighted by molar-refractivity contribution is 0.0697. The summed E-state index contributed by atoms with van der Waals surface area (Å²) in [6.45, 7) is 2.24. The third-order valence-electron chi connectivity index (χ3n) is 3.97. The van der Waals surface area contributed by atoms with Crippen LogP contribution in [-0.2, 0) is 0 Å². The van der Waals surface area contributed by atoms with E-state index >= 15 is 0 Å². The van der Waals surface area contributed by atoms with Gasteiger partial charge in [0.05, 0.1) is 11.8 Å². The number of benzene rings is 1. The van der Waals surface area contributed by atoms with E-state index in [1.54, 1.807) is 30.5 Å². The van der Waals surface area contributed by atoms with Crippen molar-refractivity contribution in [2.75, 3.05) is 0 Å². The maximum absolute atomic E-state index is 10.8. The summed E-state index contributed by atoms with van der Waals surface area (Å²) in [7, 11) is 0. The quantitative estimate of drug-likeness (QED) is 0.452. The number of nitrogens with zero attached hydrogens (tertiary/aromatic N) is 1. The molecule has 1 aromatic rings. The molecule has 0 amide bonds. The molecule has 22 heavy (non-hydrogen) atoms. The molecule has 1 fully saturated rings. The highest BCUT2D eigenvalue weighted by atomic mass is 32.1. The number of carbonyl (C=O) groups is 1. The van der Waals surface area contributed by atoms with Gasteiger partial charge >= 0.3 is 5.97 Å². The molecule has 0 bridgehead atoms. The Kier molecular flexibility index (Phi) is 5.89. The monoisotopic (exact) mass is 319 g/mol. The number of hydrogen-bond acceptors (Lipinski definition) is 3. The topological polar surface area (TPSA) is 73.7 Å². The maximum Gasteiger partial charge on any atom is 0.335 e. The van der Waals surface area contributed by atoms with Crippen LogP contribution in [0.2, 0.25) is 0 Å². The van der Waals surface area contributed by atoms with Gasteiger partial charge in [0.25, 0.3) is 0 Å². The van der Waals surface area contributed by atoms with E-state index < -0.39 is 5.97 Å². The molecular formula is C16H21N3O2S. The average molecular weight is 319 g/mol. The molecule has 0 aliphatic heterocycles. The Morgan fingerprint density at radius 2 is 2.00 bits per heavy atom. The van der Waals surface area contributed by atoms with E-state index in [9.17, 15) is 4.79 Å². The minimum absolute atomic E-state index is 0.258.